The average Bonchev–Trinajstić information content (AvgIpc) is 3.30. The first-order chi connectivity index (χ1) is 13.1. The fraction of sp³-hybridized carbons (Fsp3) is 0.286. The number of benzene rings is 1. The lowest BCUT2D eigenvalue weighted by Gasteiger charge is -2.22. The van der Waals surface area contributed by atoms with E-state index >= 15 is 0 Å². The van der Waals surface area contributed by atoms with Gasteiger partial charge in [-0.05, 0) is 48.9 Å². The third-order valence-corrected chi connectivity index (χ3v) is 5.77. The molecule has 1 amide bonds. The van der Waals surface area contributed by atoms with E-state index in [0.29, 0.717) is 19.4 Å². The molecule has 0 spiro atoms. The molecular weight excluding hydrogens is 358 g/mol. The van der Waals surface area contributed by atoms with Gasteiger partial charge in [-0.25, -0.2) is 4.68 Å². The Morgan fingerprint density at radius 3 is 2.85 bits per heavy atom. The predicted molar refractivity (Wildman–Crippen MR) is 108 cm³/mol. The van der Waals surface area contributed by atoms with Crippen LogP contribution in [0.1, 0.15) is 25.3 Å². The second-order valence-electron chi connectivity index (χ2n) is 6.81. The molecule has 6 heteroatoms. The van der Waals surface area contributed by atoms with E-state index in [-0.39, 0.29) is 17.5 Å². The maximum Gasteiger partial charge on any atom is 0.266 e. The normalized spacial score (nSPS) is 15.7. The number of anilines is 1. The molecule has 1 unspecified atom stereocenters. The van der Waals surface area contributed by atoms with Gasteiger partial charge >= 0.3 is 0 Å². The molecule has 4 rings (SSSR count). The van der Waals surface area contributed by atoms with Crippen LogP contribution in [0.2, 0.25) is 0 Å². The van der Waals surface area contributed by atoms with Crippen molar-refractivity contribution in [1.29, 1.82) is 0 Å². The second kappa shape index (κ2) is 7.48. The Morgan fingerprint density at radius 1 is 1.19 bits per heavy atom. The first-order valence-corrected chi connectivity index (χ1v) is 10.0. The summed E-state index contributed by atoms with van der Waals surface area (Å²) in [6.07, 6.45) is 1.88. The Morgan fingerprint density at radius 2 is 2.04 bits per heavy atom. The number of amides is 1. The summed E-state index contributed by atoms with van der Waals surface area (Å²) < 4.78 is 1.46. The molecule has 27 heavy (non-hydrogen) atoms. The van der Waals surface area contributed by atoms with Crippen molar-refractivity contribution in [3.05, 3.63) is 69.8 Å². The Labute approximate surface area is 161 Å². The molecule has 0 radical (unpaired) electrons. The van der Waals surface area contributed by atoms with Crippen LogP contribution >= 0.6 is 11.3 Å². The Balaban J connectivity index is 1.42. The Bertz CT molecular complexity index is 1010. The maximum atomic E-state index is 12.8. The number of nitrogens with zero attached hydrogens (tertiary/aromatic N) is 3. The third-order valence-electron chi connectivity index (χ3n) is 4.88. The smallest absolute Gasteiger partial charge is 0.266 e. The molecule has 1 atom stereocenters. The summed E-state index contributed by atoms with van der Waals surface area (Å²) in [4.78, 5) is 27.8. The van der Waals surface area contributed by atoms with E-state index in [9.17, 15) is 9.59 Å². The number of carbonyl (C=O) groups is 1. The highest BCUT2D eigenvalue weighted by Crippen LogP contribution is 2.32. The number of hydrogen-bond acceptors (Lipinski definition) is 4. The molecule has 3 aromatic rings. The SMILES string of the molecule is CC1Cc2ccccc2N1C(=O)CCCn1nc(-c2cccs2)ccc1=O. The van der Waals surface area contributed by atoms with Crippen molar-refractivity contribution in [3.8, 4) is 10.6 Å². The number of hydrogen-bond donors (Lipinski definition) is 0. The van der Waals surface area contributed by atoms with Crippen LogP contribution in [0.25, 0.3) is 10.6 Å². The standard InChI is InChI=1S/C21H21N3O2S/c1-15-14-16-6-2-3-7-18(16)24(15)21(26)9-4-12-23-20(25)11-10-17(22-23)19-8-5-13-27-19/h2-3,5-8,10-11,13,15H,4,9,12,14H2,1H3. The summed E-state index contributed by atoms with van der Waals surface area (Å²) in [5.41, 5.74) is 2.89. The van der Waals surface area contributed by atoms with Gasteiger partial charge in [0.2, 0.25) is 5.91 Å². The predicted octanol–water partition coefficient (Wildman–Crippen LogP) is 3.73. The van der Waals surface area contributed by atoms with Gasteiger partial charge < -0.3 is 4.90 Å². The van der Waals surface area contributed by atoms with E-state index in [1.807, 2.05) is 40.6 Å². The Kier molecular flexibility index (Phi) is 4.90. The minimum absolute atomic E-state index is 0.106. The molecule has 1 aromatic carbocycles. The Hall–Kier alpha value is -2.73. The fourth-order valence-electron chi connectivity index (χ4n) is 3.61. The molecule has 3 heterocycles. The molecule has 1 aliphatic rings. The lowest BCUT2D eigenvalue weighted by molar-refractivity contribution is -0.119. The van der Waals surface area contributed by atoms with Crippen molar-refractivity contribution >= 4 is 22.9 Å². The van der Waals surface area contributed by atoms with Gasteiger partial charge in [0.15, 0.2) is 0 Å². The van der Waals surface area contributed by atoms with Crippen molar-refractivity contribution in [1.82, 2.24) is 9.78 Å². The molecule has 0 aliphatic carbocycles. The monoisotopic (exact) mass is 379 g/mol. The van der Waals surface area contributed by atoms with Crippen LogP contribution in [0.15, 0.2) is 58.7 Å². The number of thiophene rings is 1. The molecule has 138 valence electrons. The molecular formula is C21H21N3O2S. The number of carbonyl (C=O) groups excluding carboxylic acids is 1. The summed E-state index contributed by atoms with van der Waals surface area (Å²) in [6, 6.07) is 15.5. The third kappa shape index (κ3) is 3.57. The highest BCUT2D eigenvalue weighted by molar-refractivity contribution is 7.13. The van der Waals surface area contributed by atoms with Crippen molar-refractivity contribution in [3.63, 3.8) is 0 Å². The second-order valence-corrected chi connectivity index (χ2v) is 7.75. The van der Waals surface area contributed by atoms with Gasteiger partial charge in [0, 0.05) is 30.8 Å². The molecule has 0 N–H and O–H groups in total. The van der Waals surface area contributed by atoms with Crippen molar-refractivity contribution < 1.29 is 4.79 Å². The molecule has 2 aromatic heterocycles. The van der Waals surface area contributed by atoms with Gasteiger partial charge in [0.25, 0.3) is 5.56 Å². The zero-order chi connectivity index (χ0) is 18.8. The van der Waals surface area contributed by atoms with Crippen LogP contribution in [0, 0.1) is 0 Å². The van der Waals surface area contributed by atoms with Gasteiger partial charge in [0.1, 0.15) is 5.69 Å². The lowest BCUT2D eigenvalue weighted by Crippen LogP contribution is -2.35. The van der Waals surface area contributed by atoms with Gasteiger partial charge in [-0.2, -0.15) is 5.10 Å². The van der Waals surface area contributed by atoms with Crippen LogP contribution in [-0.4, -0.2) is 21.7 Å². The summed E-state index contributed by atoms with van der Waals surface area (Å²) >= 11 is 1.59. The van der Waals surface area contributed by atoms with Gasteiger partial charge in [0.05, 0.1) is 4.88 Å². The largest absolute Gasteiger partial charge is 0.309 e. The van der Waals surface area contributed by atoms with Gasteiger partial charge in [-0.1, -0.05) is 24.3 Å². The van der Waals surface area contributed by atoms with Crippen LogP contribution < -0.4 is 10.5 Å². The molecule has 0 bridgehead atoms. The van der Waals surface area contributed by atoms with E-state index < -0.39 is 0 Å². The minimum atomic E-state index is -0.136. The van der Waals surface area contributed by atoms with Crippen molar-refractivity contribution in [2.24, 2.45) is 0 Å². The van der Waals surface area contributed by atoms with Crippen LogP contribution in [-0.2, 0) is 17.8 Å². The number of para-hydroxylation sites is 1. The summed E-state index contributed by atoms with van der Waals surface area (Å²) in [5.74, 6) is 0.106. The summed E-state index contributed by atoms with van der Waals surface area (Å²) in [6.45, 7) is 2.52. The van der Waals surface area contributed by atoms with Crippen LogP contribution in [0.4, 0.5) is 5.69 Å². The molecule has 0 saturated carbocycles. The molecule has 0 saturated heterocycles. The number of aryl methyl sites for hydroxylation is 1. The van der Waals surface area contributed by atoms with Gasteiger partial charge in [-0.3, -0.25) is 9.59 Å². The highest BCUT2D eigenvalue weighted by atomic mass is 32.1. The van der Waals surface area contributed by atoms with Crippen molar-refractivity contribution in [2.45, 2.75) is 38.8 Å². The quantitative estimate of drug-likeness (QED) is 0.679. The molecule has 1 aliphatic heterocycles. The summed E-state index contributed by atoms with van der Waals surface area (Å²) in [5, 5.41) is 6.44. The van der Waals surface area contributed by atoms with Crippen LogP contribution in [0.3, 0.4) is 0 Å². The van der Waals surface area contributed by atoms with E-state index in [0.717, 1.165) is 22.7 Å². The minimum Gasteiger partial charge on any atom is -0.309 e. The first-order valence-electron chi connectivity index (χ1n) is 9.15. The van der Waals surface area contributed by atoms with Crippen LogP contribution in [0.5, 0.6) is 0 Å². The first kappa shape index (κ1) is 17.7. The summed E-state index contributed by atoms with van der Waals surface area (Å²) in [7, 11) is 0. The molecule has 0 fully saturated rings. The van der Waals surface area contributed by atoms with Crippen molar-refractivity contribution in [2.75, 3.05) is 4.90 Å². The number of fused-ring (bicyclic) bond motifs is 1. The number of aromatic nitrogens is 2. The average molecular weight is 379 g/mol. The van der Waals surface area contributed by atoms with Gasteiger partial charge in [-0.15, -0.1) is 11.3 Å². The molecule has 5 nitrogen and oxygen atoms in total. The van der Waals surface area contributed by atoms with E-state index in [4.69, 9.17) is 0 Å². The van der Waals surface area contributed by atoms with E-state index in [2.05, 4.69) is 18.1 Å². The fourth-order valence-corrected chi connectivity index (χ4v) is 4.30. The number of rotatable bonds is 5. The zero-order valence-electron chi connectivity index (χ0n) is 15.2. The zero-order valence-corrected chi connectivity index (χ0v) is 16.0. The lowest BCUT2D eigenvalue weighted by atomic mass is 10.1. The topological polar surface area (TPSA) is 55.2 Å². The maximum absolute atomic E-state index is 12.8. The van der Waals surface area contributed by atoms with E-state index in [1.165, 1.54) is 10.2 Å². The highest BCUT2D eigenvalue weighted by Gasteiger charge is 2.29. The van der Waals surface area contributed by atoms with E-state index in [1.54, 1.807) is 23.5 Å².